The van der Waals surface area contributed by atoms with Crippen LogP contribution in [0.25, 0.3) is 0 Å². The molecule has 156 valence electrons. The molecule has 1 amide bonds. The molecule has 0 spiro atoms. The van der Waals surface area contributed by atoms with E-state index in [1.165, 1.54) is 19.3 Å². The van der Waals surface area contributed by atoms with Crippen LogP contribution in [0.5, 0.6) is 5.75 Å². The lowest BCUT2D eigenvalue weighted by molar-refractivity contribution is -0.172. The fourth-order valence-corrected chi connectivity index (χ4v) is 4.30. The maximum Gasteiger partial charge on any atom is 0.417 e. The topological polar surface area (TPSA) is 74.5 Å². The van der Waals surface area contributed by atoms with Crippen LogP contribution in [0.15, 0.2) is 35.3 Å². The summed E-state index contributed by atoms with van der Waals surface area (Å²) in [4.78, 5) is 16.1. The fourth-order valence-electron chi connectivity index (χ4n) is 4.30. The number of nitrogens with one attached hydrogen (secondary N) is 1. The molecule has 0 aliphatic heterocycles. The Balaban J connectivity index is 2.26. The van der Waals surface area contributed by atoms with Gasteiger partial charge in [-0.15, -0.1) is 0 Å². The zero-order valence-electron chi connectivity index (χ0n) is 17.0. The number of hydrogen-bond acceptors (Lipinski definition) is 4. The molecule has 0 radical (unpaired) electrons. The van der Waals surface area contributed by atoms with E-state index in [1.807, 2.05) is 27.7 Å². The summed E-state index contributed by atoms with van der Waals surface area (Å²) in [6.07, 6.45) is -3.77. The van der Waals surface area contributed by atoms with Crippen molar-refractivity contribution < 1.29 is 22.7 Å². The normalized spacial score (nSPS) is 22.4. The molecule has 1 N–H and O–H groups in total. The van der Waals surface area contributed by atoms with E-state index in [1.54, 1.807) is 6.07 Å². The van der Waals surface area contributed by atoms with Gasteiger partial charge in [-0.05, 0) is 18.2 Å². The molecule has 1 saturated carbocycles. The first-order chi connectivity index (χ1) is 13.3. The van der Waals surface area contributed by atoms with Gasteiger partial charge in [0.1, 0.15) is 11.9 Å². The number of carbonyl (C=O) groups is 1. The minimum atomic E-state index is -4.66. The highest BCUT2D eigenvalue weighted by Gasteiger charge is 2.64. The number of aliphatic imine (C=N–C) groups is 1. The number of benzene rings is 1. The minimum Gasteiger partial charge on any atom is -0.489 e. The Bertz CT molecular complexity index is 879. The Morgan fingerprint density at radius 1 is 1.31 bits per heavy atom. The first kappa shape index (κ1) is 22.5. The molecule has 1 aliphatic carbocycles. The average Bonchev–Trinajstić information content (AvgIpc) is 2.62. The van der Waals surface area contributed by atoms with E-state index in [0.29, 0.717) is 0 Å². The SMILES string of the molecule is C=C(/C=N\C)C(=O)N[C@H]1C(C)(C)[C@H](Oc2ccc(C#N)c(C(F)(F)F)c2)C1(C)C. The molecular formula is C21H24F3N3O2. The Kier molecular flexibility index (Phi) is 5.84. The Morgan fingerprint density at radius 2 is 1.90 bits per heavy atom. The average molecular weight is 407 g/mol. The Morgan fingerprint density at radius 3 is 2.38 bits per heavy atom. The van der Waals surface area contributed by atoms with Crippen LogP contribution in [-0.2, 0) is 11.0 Å². The standard InChI is InChI=1S/C21H24F3N3O2/c1-12(11-26-6)16(28)27-17-19(2,3)18(20(17,4)5)29-14-8-7-13(10-25)15(9-14)21(22,23)24/h7-9,11,17-18H,1H2,2-6H3,(H,27,28)/b26-11-/t17-,18-. The van der Waals surface area contributed by atoms with Gasteiger partial charge in [-0.1, -0.05) is 34.3 Å². The van der Waals surface area contributed by atoms with Gasteiger partial charge in [0.05, 0.1) is 17.2 Å². The number of ether oxygens (including phenoxy) is 1. The highest BCUT2D eigenvalue weighted by atomic mass is 19.4. The van der Waals surface area contributed by atoms with Gasteiger partial charge in [-0.25, -0.2) is 0 Å². The first-order valence-electron chi connectivity index (χ1n) is 8.96. The van der Waals surface area contributed by atoms with Gasteiger partial charge in [0.15, 0.2) is 0 Å². The van der Waals surface area contributed by atoms with Crippen molar-refractivity contribution in [2.75, 3.05) is 7.05 Å². The van der Waals surface area contributed by atoms with Crippen molar-refractivity contribution >= 4 is 12.1 Å². The number of hydrogen-bond donors (Lipinski definition) is 1. The van der Waals surface area contributed by atoms with E-state index in [0.717, 1.165) is 12.1 Å². The van der Waals surface area contributed by atoms with E-state index in [4.69, 9.17) is 10.00 Å². The van der Waals surface area contributed by atoms with Crippen molar-refractivity contribution in [1.29, 1.82) is 5.26 Å². The van der Waals surface area contributed by atoms with Gasteiger partial charge < -0.3 is 10.1 Å². The molecule has 2 rings (SSSR count). The number of nitriles is 1. The molecule has 1 aliphatic rings. The van der Waals surface area contributed by atoms with Crippen molar-refractivity contribution in [3.05, 3.63) is 41.5 Å². The van der Waals surface area contributed by atoms with Crippen molar-refractivity contribution in [2.24, 2.45) is 15.8 Å². The van der Waals surface area contributed by atoms with E-state index in [2.05, 4.69) is 16.9 Å². The maximum atomic E-state index is 13.2. The predicted octanol–water partition coefficient (Wildman–Crippen LogP) is 4.13. The molecule has 29 heavy (non-hydrogen) atoms. The molecule has 0 heterocycles. The lowest BCUT2D eigenvalue weighted by Gasteiger charge is -2.63. The van der Waals surface area contributed by atoms with E-state index in [9.17, 15) is 18.0 Å². The summed E-state index contributed by atoms with van der Waals surface area (Å²) in [7, 11) is 1.53. The second-order valence-electron chi connectivity index (χ2n) is 8.28. The molecule has 5 nitrogen and oxygen atoms in total. The molecule has 8 heteroatoms. The van der Waals surface area contributed by atoms with Gasteiger partial charge >= 0.3 is 6.18 Å². The summed E-state index contributed by atoms with van der Waals surface area (Å²) in [5, 5.41) is 11.9. The van der Waals surface area contributed by atoms with Crippen molar-refractivity contribution in [2.45, 2.75) is 46.0 Å². The summed E-state index contributed by atoms with van der Waals surface area (Å²) in [5.74, 6) is -0.340. The summed E-state index contributed by atoms with van der Waals surface area (Å²) < 4.78 is 45.6. The number of amides is 1. The van der Waals surface area contributed by atoms with Gasteiger partial charge in [-0.2, -0.15) is 18.4 Å². The highest BCUT2D eigenvalue weighted by Crippen LogP contribution is 2.55. The number of nitrogens with zero attached hydrogens (tertiary/aromatic N) is 2. The highest BCUT2D eigenvalue weighted by molar-refractivity contribution is 6.11. The van der Waals surface area contributed by atoms with Crippen LogP contribution >= 0.6 is 0 Å². The van der Waals surface area contributed by atoms with Crippen LogP contribution in [0.1, 0.15) is 38.8 Å². The van der Waals surface area contributed by atoms with Gasteiger partial charge in [0.25, 0.3) is 5.91 Å². The number of carbonyl (C=O) groups excluding carboxylic acids is 1. The third kappa shape index (κ3) is 4.14. The zero-order valence-corrected chi connectivity index (χ0v) is 17.0. The van der Waals surface area contributed by atoms with Crippen molar-refractivity contribution in [3.8, 4) is 11.8 Å². The minimum absolute atomic E-state index is 0.0229. The van der Waals surface area contributed by atoms with Gasteiger partial charge in [0, 0.05) is 35.7 Å². The van der Waals surface area contributed by atoms with Gasteiger partial charge in [-0.3, -0.25) is 9.79 Å². The second-order valence-corrected chi connectivity index (χ2v) is 8.28. The van der Waals surface area contributed by atoms with Gasteiger partial charge in [0.2, 0.25) is 0 Å². The summed E-state index contributed by atoms with van der Waals surface area (Å²) in [6, 6.07) is 4.55. The Hall–Kier alpha value is -2.82. The van der Waals surface area contributed by atoms with E-state index >= 15 is 0 Å². The molecule has 0 atom stereocenters. The lowest BCUT2D eigenvalue weighted by atomic mass is 9.49. The quantitative estimate of drug-likeness (QED) is 0.589. The van der Waals surface area contributed by atoms with Crippen LogP contribution in [0.4, 0.5) is 13.2 Å². The molecule has 0 saturated heterocycles. The number of halogens is 3. The summed E-state index contributed by atoms with van der Waals surface area (Å²) >= 11 is 0. The third-order valence-electron chi connectivity index (χ3n) is 5.36. The summed E-state index contributed by atoms with van der Waals surface area (Å²) in [6.45, 7) is 11.2. The molecule has 0 aromatic heterocycles. The van der Waals surface area contributed by atoms with E-state index in [-0.39, 0.29) is 23.3 Å². The number of alkyl halides is 3. The smallest absolute Gasteiger partial charge is 0.417 e. The van der Waals surface area contributed by atoms with Crippen LogP contribution < -0.4 is 10.1 Å². The largest absolute Gasteiger partial charge is 0.489 e. The van der Waals surface area contributed by atoms with Crippen molar-refractivity contribution in [1.82, 2.24) is 5.32 Å². The maximum absolute atomic E-state index is 13.2. The molecule has 0 bridgehead atoms. The van der Waals surface area contributed by atoms with Crippen molar-refractivity contribution in [3.63, 3.8) is 0 Å². The second kappa shape index (κ2) is 7.54. The predicted molar refractivity (Wildman–Crippen MR) is 104 cm³/mol. The van der Waals surface area contributed by atoms with Crippen LogP contribution in [-0.4, -0.2) is 31.3 Å². The monoisotopic (exact) mass is 407 g/mol. The molecular weight excluding hydrogens is 383 g/mol. The lowest BCUT2D eigenvalue weighted by Crippen LogP contribution is -2.74. The van der Waals surface area contributed by atoms with Crippen LogP contribution in [0.2, 0.25) is 0 Å². The summed E-state index contributed by atoms with van der Waals surface area (Å²) in [5.41, 5.74) is -2.40. The molecule has 1 aromatic rings. The van der Waals surface area contributed by atoms with Crippen LogP contribution in [0, 0.1) is 22.2 Å². The molecule has 1 aromatic carbocycles. The fraction of sp³-hybridized carbons (Fsp3) is 0.476. The molecule has 0 unspecified atom stereocenters. The zero-order chi connectivity index (χ0) is 22.2. The Labute approximate surface area is 168 Å². The number of rotatable bonds is 5. The van der Waals surface area contributed by atoms with Crippen LogP contribution in [0.3, 0.4) is 0 Å². The third-order valence-corrected chi connectivity index (χ3v) is 5.36. The van der Waals surface area contributed by atoms with E-state index < -0.39 is 34.2 Å². The molecule has 1 fully saturated rings. The first-order valence-corrected chi connectivity index (χ1v) is 8.96.